The van der Waals surface area contributed by atoms with Crippen LogP contribution in [0.25, 0.3) is 0 Å². The number of ether oxygens (including phenoxy) is 2. The van der Waals surface area contributed by atoms with E-state index in [1.165, 1.54) is 6.07 Å². The monoisotopic (exact) mass is 348 g/mol. The summed E-state index contributed by atoms with van der Waals surface area (Å²) in [6, 6.07) is 4.72. The molecular weight excluding hydrogens is 330 g/mol. The lowest BCUT2D eigenvalue weighted by molar-refractivity contribution is -0.131. The van der Waals surface area contributed by atoms with Crippen LogP contribution in [-0.4, -0.2) is 44.9 Å². The highest BCUT2D eigenvalue weighted by atomic mass is 35.5. The number of morpholine rings is 1. The van der Waals surface area contributed by atoms with E-state index in [0.29, 0.717) is 19.7 Å². The molecule has 1 aromatic rings. The molecule has 0 aromatic heterocycles. The summed E-state index contributed by atoms with van der Waals surface area (Å²) in [6.45, 7) is -0.480. The second-order valence-corrected chi connectivity index (χ2v) is 5.33. The summed E-state index contributed by atoms with van der Waals surface area (Å²) in [6.07, 6.45) is 1.04. The Labute approximate surface area is 139 Å². The molecule has 8 heteroatoms. The summed E-state index contributed by atoms with van der Waals surface area (Å²) >= 11 is 0. The van der Waals surface area contributed by atoms with Crippen molar-refractivity contribution < 1.29 is 23.0 Å². The van der Waals surface area contributed by atoms with Gasteiger partial charge in [-0.2, -0.15) is 8.78 Å². The number of carbonyl (C=O) groups excluding carboxylic acids is 1. The minimum absolute atomic E-state index is 0. The Hall–Kier alpha value is -1.44. The number of benzene rings is 1. The summed E-state index contributed by atoms with van der Waals surface area (Å²) in [5.74, 6) is 0.0364. The predicted molar refractivity (Wildman–Crippen MR) is 83.6 cm³/mol. The molecule has 5 nitrogen and oxygen atoms in total. The van der Waals surface area contributed by atoms with E-state index < -0.39 is 12.7 Å². The Morgan fingerprint density at radius 2 is 2.26 bits per heavy atom. The number of rotatable bonds is 3. The van der Waals surface area contributed by atoms with Gasteiger partial charge in [-0.1, -0.05) is 0 Å². The van der Waals surface area contributed by atoms with E-state index >= 15 is 0 Å². The van der Waals surface area contributed by atoms with Crippen molar-refractivity contribution in [1.29, 1.82) is 0 Å². The second kappa shape index (κ2) is 7.90. The van der Waals surface area contributed by atoms with Gasteiger partial charge in [0.25, 0.3) is 5.91 Å². The van der Waals surface area contributed by atoms with Crippen LogP contribution in [0.5, 0.6) is 5.75 Å². The molecule has 1 atom stereocenters. The van der Waals surface area contributed by atoms with E-state index in [1.807, 2.05) is 0 Å². The average Bonchev–Trinajstić information content (AvgIpc) is 2.53. The van der Waals surface area contributed by atoms with Crippen molar-refractivity contribution in [2.75, 3.05) is 31.1 Å². The molecule has 1 saturated heterocycles. The number of amides is 1. The van der Waals surface area contributed by atoms with Gasteiger partial charge in [0.05, 0.1) is 6.61 Å². The second-order valence-electron chi connectivity index (χ2n) is 5.33. The summed E-state index contributed by atoms with van der Waals surface area (Å²) in [7, 11) is 0. The van der Waals surface area contributed by atoms with Crippen LogP contribution in [0.15, 0.2) is 18.2 Å². The molecule has 0 aliphatic carbocycles. The number of aryl methyl sites for hydroxylation is 1. The van der Waals surface area contributed by atoms with Crippen molar-refractivity contribution in [3.63, 3.8) is 0 Å². The SMILES string of the molecule is Cl.O=C(C1CNCCO1)N1CCCc2cc(OC(F)F)ccc21. The maximum absolute atomic E-state index is 12.6. The summed E-state index contributed by atoms with van der Waals surface area (Å²) < 4.78 is 34.5. The van der Waals surface area contributed by atoms with E-state index in [4.69, 9.17) is 4.74 Å². The van der Waals surface area contributed by atoms with E-state index in [0.717, 1.165) is 30.6 Å². The number of nitrogens with one attached hydrogen (secondary N) is 1. The minimum atomic E-state index is -2.85. The third kappa shape index (κ3) is 4.10. The van der Waals surface area contributed by atoms with Crippen LogP contribution in [-0.2, 0) is 16.0 Å². The van der Waals surface area contributed by atoms with Gasteiger partial charge in [0.1, 0.15) is 11.9 Å². The standard InChI is InChI=1S/C15H18F2N2O3.ClH/c16-15(17)22-11-3-4-12-10(8-11)2-1-6-19(12)14(20)13-9-18-5-7-21-13;/h3-4,8,13,15,18H,1-2,5-7,9H2;1H. The van der Waals surface area contributed by atoms with Crippen molar-refractivity contribution >= 4 is 24.0 Å². The van der Waals surface area contributed by atoms with Crippen LogP contribution in [0.2, 0.25) is 0 Å². The molecule has 2 aliphatic rings. The lowest BCUT2D eigenvalue weighted by atomic mass is 10.0. The van der Waals surface area contributed by atoms with Gasteiger partial charge in [0, 0.05) is 25.3 Å². The first-order chi connectivity index (χ1) is 10.6. The van der Waals surface area contributed by atoms with Crippen LogP contribution in [0.4, 0.5) is 14.5 Å². The molecule has 0 bridgehead atoms. The Morgan fingerprint density at radius 1 is 1.43 bits per heavy atom. The minimum Gasteiger partial charge on any atom is -0.435 e. The predicted octanol–water partition coefficient (Wildman–Crippen LogP) is 1.98. The molecular formula is C15H19ClF2N2O3. The van der Waals surface area contributed by atoms with Gasteiger partial charge in [-0.3, -0.25) is 4.79 Å². The molecule has 1 fully saturated rings. The van der Waals surface area contributed by atoms with E-state index in [9.17, 15) is 13.6 Å². The average molecular weight is 349 g/mol. The number of anilines is 1. The molecule has 1 aromatic carbocycles. The van der Waals surface area contributed by atoms with Gasteiger partial charge >= 0.3 is 6.61 Å². The lowest BCUT2D eigenvalue weighted by Crippen LogP contribution is -2.50. The quantitative estimate of drug-likeness (QED) is 0.907. The molecule has 0 saturated carbocycles. The van der Waals surface area contributed by atoms with Crippen molar-refractivity contribution in [3.05, 3.63) is 23.8 Å². The number of halogens is 3. The van der Waals surface area contributed by atoms with Crippen LogP contribution >= 0.6 is 12.4 Å². The largest absolute Gasteiger partial charge is 0.435 e. The highest BCUT2D eigenvalue weighted by Crippen LogP contribution is 2.31. The van der Waals surface area contributed by atoms with Gasteiger partial charge < -0.3 is 19.7 Å². The zero-order valence-corrected chi connectivity index (χ0v) is 13.3. The molecule has 1 N–H and O–H groups in total. The highest BCUT2D eigenvalue weighted by molar-refractivity contribution is 5.98. The van der Waals surface area contributed by atoms with Crippen LogP contribution in [0.1, 0.15) is 12.0 Å². The van der Waals surface area contributed by atoms with Crippen LogP contribution in [0, 0.1) is 0 Å². The van der Waals surface area contributed by atoms with Crippen LogP contribution < -0.4 is 15.0 Å². The number of carbonyl (C=O) groups is 1. The van der Waals surface area contributed by atoms with Gasteiger partial charge in [0.2, 0.25) is 0 Å². The maximum Gasteiger partial charge on any atom is 0.387 e. The fourth-order valence-corrected chi connectivity index (χ4v) is 2.88. The molecule has 2 aliphatic heterocycles. The zero-order valence-electron chi connectivity index (χ0n) is 12.5. The zero-order chi connectivity index (χ0) is 15.5. The topological polar surface area (TPSA) is 50.8 Å². The van der Waals surface area contributed by atoms with Crippen molar-refractivity contribution in [2.24, 2.45) is 0 Å². The molecule has 0 spiro atoms. The first-order valence-electron chi connectivity index (χ1n) is 7.36. The summed E-state index contributed by atoms with van der Waals surface area (Å²) in [5.41, 5.74) is 1.61. The van der Waals surface area contributed by atoms with E-state index in [-0.39, 0.29) is 24.1 Å². The number of hydrogen-bond acceptors (Lipinski definition) is 4. The number of alkyl halides is 2. The van der Waals surface area contributed by atoms with Crippen LogP contribution in [0.3, 0.4) is 0 Å². The van der Waals surface area contributed by atoms with Gasteiger partial charge in [0.15, 0.2) is 0 Å². The summed E-state index contributed by atoms with van der Waals surface area (Å²) in [4.78, 5) is 14.3. The third-order valence-corrected chi connectivity index (χ3v) is 3.86. The first kappa shape index (κ1) is 17.9. The van der Waals surface area contributed by atoms with Gasteiger partial charge in [-0.15, -0.1) is 12.4 Å². The molecule has 3 rings (SSSR count). The Kier molecular flexibility index (Phi) is 6.15. The highest BCUT2D eigenvalue weighted by Gasteiger charge is 2.30. The molecule has 23 heavy (non-hydrogen) atoms. The Bertz CT molecular complexity index is 554. The Balaban J connectivity index is 0.00000192. The third-order valence-electron chi connectivity index (χ3n) is 3.86. The smallest absolute Gasteiger partial charge is 0.387 e. The fourth-order valence-electron chi connectivity index (χ4n) is 2.88. The van der Waals surface area contributed by atoms with E-state index in [2.05, 4.69) is 10.1 Å². The van der Waals surface area contributed by atoms with Crippen molar-refractivity contribution in [2.45, 2.75) is 25.6 Å². The lowest BCUT2D eigenvalue weighted by Gasteiger charge is -2.33. The summed E-state index contributed by atoms with van der Waals surface area (Å²) in [5, 5.41) is 3.13. The molecule has 0 radical (unpaired) electrons. The Morgan fingerprint density at radius 3 is 2.96 bits per heavy atom. The molecule has 1 amide bonds. The van der Waals surface area contributed by atoms with Gasteiger partial charge in [-0.25, -0.2) is 0 Å². The molecule has 1 unspecified atom stereocenters. The normalized spacial score (nSPS) is 20.7. The maximum atomic E-state index is 12.6. The van der Waals surface area contributed by atoms with Crippen molar-refractivity contribution in [3.8, 4) is 5.75 Å². The van der Waals surface area contributed by atoms with E-state index in [1.54, 1.807) is 17.0 Å². The fraction of sp³-hybridized carbons (Fsp3) is 0.533. The van der Waals surface area contributed by atoms with Crippen molar-refractivity contribution in [1.82, 2.24) is 5.32 Å². The number of hydrogen-bond donors (Lipinski definition) is 1. The molecule has 128 valence electrons. The number of fused-ring (bicyclic) bond motifs is 1. The first-order valence-corrected chi connectivity index (χ1v) is 7.36. The van der Waals surface area contributed by atoms with Gasteiger partial charge in [-0.05, 0) is 36.6 Å². The molecule has 2 heterocycles. The number of nitrogens with zero attached hydrogens (tertiary/aromatic N) is 1.